The number of guanidine groups is 1. The summed E-state index contributed by atoms with van der Waals surface area (Å²) >= 11 is 0. The lowest BCUT2D eigenvalue weighted by molar-refractivity contribution is 0.599. The highest BCUT2D eigenvalue weighted by Crippen LogP contribution is 1.90. The zero-order chi connectivity index (χ0) is 14.8. The van der Waals surface area contributed by atoms with Crippen molar-refractivity contribution in [1.29, 1.82) is 0 Å². The molecule has 0 bridgehead atoms. The third kappa shape index (κ3) is 7.83. The molecule has 1 aromatic heterocycles. The lowest BCUT2D eigenvalue weighted by Crippen LogP contribution is -2.39. The number of aromatic nitrogens is 1. The monoisotopic (exact) mass is 300 g/mol. The molecule has 0 unspecified atom stereocenters. The normalized spacial score (nSPS) is 12.4. The van der Waals surface area contributed by atoms with E-state index in [1.54, 1.807) is 0 Å². The summed E-state index contributed by atoms with van der Waals surface area (Å²) in [5.74, 6) is 0.910. The standard InChI is InChI=1S/C13H24N4O2S/c1-3-14-13(15-7-6-12-20(2,18)19)16-8-11-17-9-4-5-10-17/h4-5,9-10H,3,6-8,11-12H2,1-2H3,(H2,14,15,16). The number of hydrogen-bond acceptors (Lipinski definition) is 3. The van der Waals surface area contributed by atoms with Crippen molar-refractivity contribution in [2.45, 2.75) is 19.9 Å². The fourth-order valence-electron chi connectivity index (χ4n) is 1.68. The van der Waals surface area contributed by atoms with Crippen molar-refractivity contribution in [3.8, 4) is 0 Å². The van der Waals surface area contributed by atoms with Crippen molar-refractivity contribution in [3.05, 3.63) is 24.5 Å². The van der Waals surface area contributed by atoms with Gasteiger partial charge < -0.3 is 15.2 Å². The molecule has 7 heteroatoms. The summed E-state index contributed by atoms with van der Waals surface area (Å²) in [5, 5.41) is 6.37. The molecule has 20 heavy (non-hydrogen) atoms. The van der Waals surface area contributed by atoms with E-state index >= 15 is 0 Å². The van der Waals surface area contributed by atoms with Gasteiger partial charge in [-0.15, -0.1) is 0 Å². The average Bonchev–Trinajstić information content (AvgIpc) is 2.86. The van der Waals surface area contributed by atoms with E-state index in [9.17, 15) is 8.42 Å². The lowest BCUT2D eigenvalue weighted by Gasteiger charge is -2.11. The van der Waals surface area contributed by atoms with Crippen molar-refractivity contribution in [2.75, 3.05) is 31.6 Å². The van der Waals surface area contributed by atoms with E-state index in [4.69, 9.17) is 0 Å². The largest absolute Gasteiger partial charge is 0.357 e. The van der Waals surface area contributed by atoms with Crippen LogP contribution < -0.4 is 10.6 Å². The van der Waals surface area contributed by atoms with Crippen LogP contribution in [0.15, 0.2) is 29.5 Å². The zero-order valence-corrected chi connectivity index (χ0v) is 13.0. The van der Waals surface area contributed by atoms with Crippen LogP contribution in [0.3, 0.4) is 0 Å². The number of aliphatic imine (C=N–C) groups is 1. The van der Waals surface area contributed by atoms with Crippen LogP contribution in [0.1, 0.15) is 13.3 Å². The minimum absolute atomic E-state index is 0.180. The Hall–Kier alpha value is -1.50. The number of nitrogens with zero attached hydrogens (tertiary/aromatic N) is 2. The lowest BCUT2D eigenvalue weighted by atomic mass is 10.5. The van der Waals surface area contributed by atoms with Gasteiger partial charge in [-0.3, -0.25) is 4.99 Å². The van der Waals surface area contributed by atoms with Gasteiger partial charge >= 0.3 is 0 Å². The number of rotatable bonds is 8. The van der Waals surface area contributed by atoms with E-state index in [0.29, 0.717) is 13.0 Å². The van der Waals surface area contributed by atoms with Crippen LogP contribution in [0.2, 0.25) is 0 Å². The van der Waals surface area contributed by atoms with E-state index in [2.05, 4.69) is 20.2 Å². The fraction of sp³-hybridized carbons (Fsp3) is 0.615. The molecule has 0 aliphatic rings. The summed E-state index contributed by atoms with van der Waals surface area (Å²) < 4.78 is 24.1. The maximum absolute atomic E-state index is 11.0. The molecule has 0 fully saturated rings. The third-order valence-electron chi connectivity index (χ3n) is 2.62. The summed E-state index contributed by atoms with van der Waals surface area (Å²) in [5.41, 5.74) is 0. The van der Waals surface area contributed by atoms with Gasteiger partial charge in [0.15, 0.2) is 5.96 Å². The van der Waals surface area contributed by atoms with Gasteiger partial charge in [-0.05, 0) is 25.5 Å². The minimum Gasteiger partial charge on any atom is -0.357 e. The second kappa shape index (κ2) is 8.63. The van der Waals surface area contributed by atoms with Crippen molar-refractivity contribution in [2.24, 2.45) is 4.99 Å². The Morgan fingerprint density at radius 1 is 1.25 bits per heavy atom. The molecule has 6 nitrogen and oxygen atoms in total. The van der Waals surface area contributed by atoms with Gasteiger partial charge in [0.25, 0.3) is 0 Å². The molecular formula is C13H24N4O2S. The van der Waals surface area contributed by atoms with Crippen molar-refractivity contribution in [1.82, 2.24) is 15.2 Å². The summed E-state index contributed by atoms with van der Waals surface area (Å²) in [6, 6.07) is 3.98. The molecule has 2 N–H and O–H groups in total. The molecule has 1 aromatic rings. The quantitative estimate of drug-likeness (QED) is 0.416. The molecule has 0 aliphatic carbocycles. The van der Waals surface area contributed by atoms with Crippen LogP contribution in [0.4, 0.5) is 0 Å². The van der Waals surface area contributed by atoms with Crippen molar-refractivity contribution in [3.63, 3.8) is 0 Å². The SMILES string of the molecule is CCNC(=NCCCS(C)(=O)=O)NCCn1cccc1. The first-order valence-electron chi connectivity index (χ1n) is 6.82. The molecular weight excluding hydrogens is 276 g/mol. The van der Waals surface area contributed by atoms with E-state index in [-0.39, 0.29) is 5.75 Å². The molecule has 0 aromatic carbocycles. The van der Waals surface area contributed by atoms with Crippen LogP contribution in [0.5, 0.6) is 0 Å². The predicted octanol–water partition coefficient (Wildman–Crippen LogP) is 0.478. The highest BCUT2D eigenvalue weighted by atomic mass is 32.2. The molecule has 114 valence electrons. The molecule has 0 atom stereocenters. The number of nitrogens with one attached hydrogen (secondary N) is 2. The minimum atomic E-state index is -2.89. The third-order valence-corrected chi connectivity index (χ3v) is 3.65. The van der Waals surface area contributed by atoms with Crippen LogP contribution in [-0.4, -0.2) is 50.6 Å². The highest BCUT2D eigenvalue weighted by Gasteiger charge is 2.01. The Labute approximate surface area is 121 Å². The first-order valence-corrected chi connectivity index (χ1v) is 8.88. The van der Waals surface area contributed by atoms with Crippen LogP contribution in [0.25, 0.3) is 0 Å². The second-order valence-corrected chi connectivity index (χ2v) is 6.85. The molecule has 0 spiro atoms. The maximum Gasteiger partial charge on any atom is 0.191 e. The van der Waals surface area contributed by atoms with Crippen molar-refractivity contribution >= 4 is 15.8 Å². The van der Waals surface area contributed by atoms with E-state index in [1.165, 1.54) is 6.26 Å². The van der Waals surface area contributed by atoms with Gasteiger partial charge in [0.2, 0.25) is 0 Å². The van der Waals surface area contributed by atoms with Crippen LogP contribution in [-0.2, 0) is 16.4 Å². The molecule has 0 aliphatic heterocycles. The van der Waals surface area contributed by atoms with Gasteiger partial charge in [-0.1, -0.05) is 0 Å². The number of hydrogen-bond donors (Lipinski definition) is 2. The van der Waals surface area contributed by atoms with Gasteiger partial charge in [-0.2, -0.15) is 0 Å². The van der Waals surface area contributed by atoms with Crippen LogP contribution in [0, 0.1) is 0 Å². The van der Waals surface area contributed by atoms with E-state index in [1.807, 2.05) is 31.5 Å². The first kappa shape index (κ1) is 16.6. The first-order chi connectivity index (χ1) is 9.51. The Morgan fingerprint density at radius 3 is 2.55 bits per heavy atom. The predicted molar refractivity (Wildman–Crippen MR) is 82.7 cm³/mol. The maximum atomic E-state index is 11.0. The zero-order valence-electron chi connectivity index (χ0n) is 12.2. The van der Waals surface area contributed by atoms with Gasteiger partial charge in [-0.25, -0.2) is 8.42 Å². The Bertz CT molecular complexity index is 494. The Kier molecular flexibility index (Phi) is 7.14. The Balaban J connectivity index is 2.31. The van der Waals surface area contributed by atoms with Crippen LogP contribution >= 0.6 is 0 Å². The van der Waals surface area contributed by atoms with Gasteiger partial charge in [0.1, 0.15) is 9.84 Å². The number of sulfone groups is 1. The van der Waals surface area contributed by atoms with E-state index in [0.717, 1.165) is 25.6 Å². The highest BCUT2D eigenvalue weighted by molar-refractivity contribution is 7.90. The summed E-state index contributed by atoms with van der Waals surface area (Å²) in [7, 11) is -2.89. The summed E-state index contributed by atoms with van der Waals surface area (Å²) in [4.78, 5) is 4.36. The Morgan fingerprint density at radius 2 is 1.95 bits per heavy atom. The van der Waals surface area contributed by atoms with Gasteiger partial charge in [0.05, 0.1) is 5.75 Å². The average molecular weight is 300 g/mol. The molecule has 0 saturated carbocycles. The van der Waals surface area contributed by atoms with Gasteiger partial charge in [0, 0.05) is 44.8 Å². The topological polar surface area (TPSA) is 75.5 Å². The van der Waals surface area contributed by atoms with E-state index < -0.39 is 9.84 Å². The fourth-order valence-corrected chi connectivity index (χ4v) is 2.34. The smallest absolute Gasteiger partial charge is 0.191 e. The molecule has 1 heterocycles. The molecule has 1 rings (SSSR count). The summed E-state index contributed by atoms with van der Waals surface area (Å²) in [6.45, 7) is 4.92. The summed E-state index contributed by atoms with van der Waals surface area (Å²) in [6.07, 6.45) is 5.82. The molecule has 0 radical (unpaired) electrons. The molecule has 0 amide bonds. The second-order valence-electron chi connectivity index (χ2n) is 4.59. The van der Waals surface area contributed by atoms with Crippen molar-refractivity contribution < 1.29 is 8.42 Å². The molecule has 0 saturated heterocycles.